The molecule has 0 radical (unpaired) electrons. The molecule has 5 heteroatoms. The molecule has 0 bridgehead atoms. The third kappa shape index (κ3) is 2.38. The SMILES string of the molecule is Cc1nnc(NCC(N)C2CC2)s1. The summed E-state index contributed by atoms with van der Waals surface area (Å²) in [5.74, 6) is 0.738. The average molecular weight is 198 g/mol. The molecule has 1 saturated carbocycles. The van der Waals surface area contributed by atoms with Crippen molar-refractivity contribution in [2.24, 2.45) is 11.7 Å². The molecular weight excluding hydrogens is 184 g/mol. The van der Waals surface area contributed by atoms with Gasteiger partial charge in [-0.1, -0.05) is 11.3 Å². The lowest BCUT2D eigenvalue weighted by Crippen LogP contribution is -2.30. The van der Waals surface area contributed by atoms with E-state index in [4.69, 9.17) is 5.73 Å². The van der Waals surface area contributed by atoms with Crippen molar-refractivity contribution in [3.05, 3.63) is 5.01 Å². The first-order valence-corrected chi connectivity index (χ1v) is 5.37. The van der Waals surface area contributed by atoms with Crippen molar-refractivity contribution in [3.8, 4) is 0 Å². The fraction of sp³-hybridized carbons (Fsp3) is 0.750. The normalized spacial score (nSPS) is 18.6. The summed E-state index contributed by atoms with van der Waals surface area (Å²) >= 11 is 1.57. The van der Waals surface area contributed by atoms with Crippen molar-refractivity contribution >= 4 is 16.5 Å². The van der Waals surface area contributed by atoms with E-state index in [0.29, 0.717) is 0 Å². The van der Waals surface area contributed by atoms with Gasteiger partial charge in [0.1, 0.15) is 5.01 Å². The molecule has 0 spiro atoms. The van der Waals surface area contributed by atoms with Crippen molar-refractivity contribution in [1.29, 1.82) is 0 Å². The minimum absolute atomic E-state index is 0.282. The second-order valence-corrected chi connectivity index (χ2v) is 4.69. The maximum Gasteiger partial charge on any atom is 0.205 e. The third-order valence-corrected chi connectivity index (χ3v) is 3.04. The Morgan fingerprint density at radius 1 is 1.62 bits per heavy atom. The Hall–Kier alpha value is -0.680. The summed E-state index contributed by atoms with van der Waals surface area (Å²) < 4.78 is 0. The molecule has 1 aliphatic carbocycles. The van der Waals surface area contributed by atoms with Gasteiger partial charge < -0.3 is 11.1 Å². The predicted molar refractivity (Wildman–Crippen MR) is 53.8 cm³/mol. The third-order valence-electron chi connectivity index (χ3n) is 2.24. The molecule has 0 aromatic carbocycles. The summed E-state index contributed by atoms with van der Waals surface area (Å²) in [7, 11) is 0. The number of rotatable bonds is 4. The molecule has 1 aliphatic rings. The minimum Gasteiger partial charge on any atom is -0.359 e. The predicted octanol–water partition coefficient (Wildman–Crippen LogP) is 0.996. The van der Waals surface area contributed by atoms with Crippen LogP contribution in [0.1, 0.15) is 17.8 Å². The topological polar surface area (TPSA) is 63.8 Å². The van der Waals surface area contributed by atoms with E-state index in [1.54, 1.807) is 11.3 Å². The number of nitrogens with zero attached hydrogens (tertiary/aromatic N) is 2. The van der Waals surface area contributed by atoms with Crippen LogP contribution in [0.3, 0.4) is 0 Å². The average Bonchev–Trinajstić information content (AvgIpc) is 2.87. The number of nitrogens with two attached hydrogens (primary N) is 1. The van der Waals surface area contributed by atoms with E-state index in [0.717, 1.165) is 22.6 Å². The van der Waals surface area contributed by atoms with Gasteiger partial charge in [-0.05, 0) is 25.7 Å². The highest BCUT2D eigenvalue weighted by Gasteiger charge is 2.28. The van der Waals surface area contributed by atoms with E-state index in [2.05, 4.69) is 15.5 Å². The van der Waals surface area contributed by atoms with Crippen molar-refractivity contribution in [3.63, 3.8) is 0 Å². The van der Waals surface area contributed by atoms with Crippen LogP contribution in [0.4, 0.5) is 5.13 Å². The number of anilines is 1. The van der Waals surface area contributed by atoms with E-state index < -0.39 is 0 Å². The van der Waals surface area contributed by atoms with Crippen molar-refractivity contribution in [2.75, 3.05) is 11.9 Å². The maximum atomic E-state index is 5.93. The zero-order chi connectivity index (χ0) is 9.26. The van der Waals surface area contributed by atoms with Gasteiger partial charge in [-0.25, -0.2) is 0 Å². The van der Waals surface area contributed by atoms with E-state index in [9.17, 15) is 0 Å². The molecule has 72 valence electrons. The number of hydrogen-bond acceptors (Lipinski definition) is 5. The summed E-state index contributed by atoms with van der Waals surface area (Å²) in [5, 5.41) is 13.0. The van der Waals surface area contributed by atoms with Crippen LogP contribution in [0.2, 0.25) is 0 Å². The highest BCUT2D eigenvalue weighted by atomic mass is 32.1. The number of nitrogens with one attached hydrogen (secondary N) is 1. The standard InChI is InChI=1S/C8H14N4S/c1-5-11-12-8(13-5)10-4-7(9)6-2-3-6/h6-7H,2-4,9H2,1H3,(H,10,12). The molecule has 1 atom stereocenters. The van der Waals surface area contributed by atoms with Crippen LogP contribution in [-0.2, 0) is 0 Å². The zero-order valence-corrected chi connectivity index (χ0v) is 8.47. The number of hydrogen-bond donors (Lipinski definition) is 2. The largest absolute Gasteiger partial charge is 0.359 e. The fourth-order valence-corrected chi connectivity index (χ4v) is 1.86. The first-order valence-electron chi connectivity index (χ1n) is 4.55. The summed E-state index contributed by atoms with van der Waals surface area (Å²) in [5.41, 5.74) is 5.93. The summed E-state index contributed by atoms with van der Waals surface area (Å²) in [6.45, 7) is 2.77. The zero-order valence-electron chi connectivity index (χ0n) is 7.66. The molecule has 1 fully saturated rings. The van der Waals surface area contributed by atoms with Gasteiger partial charge in [-0.2, -0.15) is 0 Å². The van der Waals surface area contributed by atoms with Crippen LogP contribution >= 0.6 is 11.3 Å². The molecule has 1 aromatic rings. The Morgan fingerprint density at radius 3 is 2.92 bits per heavy atom. The van der Waals surface area contributed by atoms with Crippen LogP contribution in [-0.4, -0.2) is 22.8 Å². The highest BCUT2D eigenvalue weighted by Crippen LogP contribution is 2.31. The maximum absolute atomic E-state index is 5.93. The number of aryl methyl sites for hydroxylation is 1. The van der Waals surface area contributed by atoms with Gasteiger partial charge in [0.2, 0.25) is 5.13 Å². The second kappa shape index (κ2) is 3.59. The highest BCUT2D eigenvalue weighted by molar-refractivity contribution is 7.15. The molecular formula is C8H14N4S. The lowest BCUT2D eigenvalue weighted by molar-refractivity contribution is 0.620. The van der Waals surface area contributed by atoms with Crippen molar-refractivity contribution < 1.29 is 0 Å². The fourth-order valence-electron chi connectivity index (χ4n) is 1.26. The van der Waals surface area contributed by atoms with Crippen LogP contribution in [0.15, 0.2) is 0 Å². The smallest absolute Gasteiger partial charge is 0.205 e. The molecule has 1 aromatic heterocycles. The molecule has 0 amide bonds. The van der Waals surface area contributed by atoms with Gasteiger partial charge in [0.05, 0.1) is 0 Å². The van der Waals surface area contributed by atoms with Gasteiger partial charge >= 0.3 is 0 Å². The molecule has 1 heterocycles. The van der Waals surface area contributed by atoms with E-state index in [1.165, 1.54) is 12.8 Å². The molecule has 0 aliphatic heterocycles. The van der Waals surface area contributed by atoms with Gasteiger partial charge in [0.15, 0.2) is 0 Å². The van der Waals surface area contributed by atoms with Crippen molar-refractivity contribution in [2.45, 2.75) is 25.8 Å². The number of aromatic nitrogens is 2. The van der Waals surface area contributed by atoms with E-state index in [-0.39, 0.29) is 6.04 Å². The molecule has 0 saturated heterocycles. The molecule has 2 rings (SSSR count). The lowest BCUT2D eigenvalue weighted by Gasteiger charge is -2.09. The summed E-state index contributed by atoms with van der Waals surface area (Å²) in [6.07, 6.45) is 2.58. The van der Waals surface area contributed by atoms with Gasteiger partial charge in [-0.3, -0.25) is 0 Å². The van der Waals surface area contributed by atoms with Crippen LogP contribution < -0.4 is 11.1 Å². The van der Waals surface area contributed by atoms with Crippen molar-refractivity contribution in [1.82, 2.24) is 10.2 Å². The Morgan fingerprint density at radius 2 is 2.38 bits per heavy atom. The van der Waals surface area contributed by atoms with Crippen LogP contribution in [0.25, 0.3) is 0 Å². The molecule has 1 unspecified atom stereocenters. The quantitative estimate of drug-likeness (QED) is 0.757. The first-order chi connectivity index (χ1) is 6.25. The Bertz CT molecular complexity index is 281. The second-order valence-electron chi connectivity index (χ2n) is 3.51. The van der Waals surface area contributed by atoms with Crippen LogP contribution in [0.5, 0.6) is 0 Å². The van der Waals surface area contributed by atoms with E-state index in [1.807, 2.05) is 6.92 Å². The Kier molecular flexibility index (Phi) is 2.46. The molecule has 13 heavy (non-hydrogen) atoms. The lowest BCUT2D eigenvalue weighted by atomic mass is 10.2. The van der Waals surface area contributed by atoms with Gasteiger partial charge in [-0.15, -0.1) is 10.2 Å². The van der Waals surface area contributed by atoms with Crippen LogP contribution in [0, 0.1) is 12.8 Å². The molecule has 4 nitrogen and oxygen atoms in total. The summed E-state index contributed by atoms with van der Waals surface area (Å²) in [6, 6.07) is 0.282. The minimum atomic E-state index is 0.282. The Balaban J connectivity index is 1.78. The van der Waals surface area contributed by atoms with Gasteiger partial charge in [0, 0.05) is 12.6 Å². The summed E-state index contributed by atoms with van der Waals surface area (Å²) in [4.78, 5) is 0. The first kappa shape index (κ1) is 8.90. The Labute approximate surface area is 81.6 Å². The van der Waals surface area contributed by atoms with Gasteiger partial charge in [0.25, 0.3) is 0 Å². The van der Waals surface area contributed by atoms with E-state index >= 15 is 0 Å². The molecule has 3 N–H and O–H groups in total. The monoisotopic (exact) mass is 198 g/mol.